The number of carbonyl (C=O) groups is 2. The topological polar surface area (TPSA) is 80.3 Å². The Morgan fingerprint density at radius 2 is 2.12 bits per heavy atom. The summed E-state index contributed by atoms with van der Waals surface area (Å²) in [7, 11) is 0. The Morgan fingerprint density at radius 3 is 2.88 bits per heavy atom. The molecule has 0 aromatic carbocycles. The molecule has 1 fully saturated rings. The molecule has 140 valence electrons. The van der Waals surface area contributed by atoms with Gasteiger partial charge in [0.15, 0.2) is 0 Å². The Morgan fingerprint density at radius 1 is 1.31 bits per heavy atom. The van der Waals surface area contributed by atoms with E-state index in [1.54, 1.807) is 6.20 Å². The zero-order valence-corrected chi connectivity index (χ0v) is 15.6. The summed E-state index contributed by atoms with van der Waals surface area (Å²) in [6.45, 7) is 6.16. The van der Waals surface area contributed by atoms with Gasteiger partial charge in [-0.2, -0.15) is 0 Å². The van der Waals surface area contributed by atoms with Gasteiger partial charge in [0.2, 0.25) is 5.91 Å². The maximum absolute atomic E-state index is 12.2. The number of fused-ring (bicyclic) bond motifs is 4. The van der Waals surface area contributed by atoms with Gasteiger partial charge in [0.05, 0.1) is 11.7 Å². The fourth-order valence-corrected chi connectivity index (χ4v) is 3.20. The smallest absolute Gasteiger partial charge is 0.408 e. The van der Waals surface area contributed by atoms with Gasteiger partial charge in [-0.25, -0.2) is 4.79 Å². The molecule has 2 bridgehead atoms. The van der Waals surface area contributed by atoms with Crippen LogP contribution in [0.15, 0.2) is 30.5 Å². The molecule has 26 heavy (non-hydrogen) atoms. The van der Waals surface area contributed by atoms with Crippen LogP contribution in [0.3, 0.4) is 0 Å². The second kappa shape index (κ2) is 7.48. The molecule has 1 aromatic rings. The number of carbonyl (C=O) groups excluding carboxylic acids is 2. The lowest BCUT2D eigenvalue weighted by atomic mass is 10.0. The largest absolute Gasteiger partial charge is 0.444 e. The quantitative estimate of drug-likeness (QED) is 0.756. The first-order chi connectivity index (χ1) is 12.3. The van der Waals surface area contributed by atoms with Crippen LogP contribution < -0.4 is 10.6 Å². The summed E-state index contributed by atoms with van der Waals surface area (Å²) in [6.07, 6.45) is 7.61. The van der Waals surface area contributed by atoms with Gasteiger partial charge in [-0.1, -0.05) is 12.2 Å². The number of amides is 2. The number of hydrogen-bond acceptors (Lipinski definition) is 4. The Hall–Kier alpha value is -2.37. The Kier molecular flexibility index (Phi) is 5.30. The number of rotatable bonds is 1. The number of nitrogens with one attached hydrogen (secondary N) is 2. The number of ether oxygens (including phenoxy) is 1. The molecule has 3 rings (SSSR count). The van der Waals surface area contributed by atoms with Crippen molar-refractivity contribution in [3.63, 3.8) is 0 Å². The van der Waals surface area contributed by atoms with Crippen LogP contribution in [0.25, 0.3) is 0 Å². The fourth-order valence-electron chi connectivity index (χ4n) is 3.20. The van der Waals surface area contributed by atoms with Crippen LogP contribution in [0.5, 0.6) is 0 Å². The third-order valence-corrected chi connectivity index (χ3v) is 4.56. The minimum atomic E-state index is -0.550. The molecule has 2 aliphatic rings. The normalized spacial score (nSPS) is 26.9. The van der Waals surface area contributed by atoms with Gasteiger partial charge >= 0.3 is 6.09 Å². The molecule has 1 aliphatic carbocycles. The van der Waals surface area contributed by atoms with E-state index in [-0.39, 0.29) is 23.8 Å². The Bertz CT molecular complexity index is 708. The lowest BCUT2D eigenvalue weighted by molar-refractivity contribution is -0.122. The minimum Gasteiger partial charge on any atom is -0.444 e. The zero-order chi connectivity index (χ0) is 18.7. The minimum absolute atomic E-state index is 0.0484. The van der Waals surface area contributed by atoms with Crippen LogP contribution in [-0.4, -0.2) is 29.1 Å². The lowest BCUT2D eigenvalue weighted by Crippen LogP contribution is -2.35. The van der Waals surface area contributed by atoms with Gasteiger partial charge in [0.1, 0.15) is 5.60 Å². The number of pyridine rings is 1. The molecule has 2 heterocycles. The van der Waals surface area contributed by atoms with Gasteiger partial charge in [-0.05, 0) is 63.6 Å². The summed E-state index contributed by atoms with van der Waals surface area (Å²) in [5.74, 6) is 0.421. The number of alkyl carbamates (subject to hydrolysis) is 1. The summed E-state index contributed by atoms with van der Waals surface area (Å²) >= 11 is 0. The van der Waals surface area contributed by atoms with Crippen molar-refractivity contribution in [2.45, 2.75) is 57.6 Å². The van der Waals surface area contributed by atoms with Crippen LogP contribution >= 0.6 is 0 Å². The second-order valence-electron chi connectivity index (χ2n) is 7.95. The molecule has 1 aliphatic heterocycles. The fraction of sp³-hybridized carbons (Fsp3) is 0.550. The molecule has 3 atom stereocenters. The third kappa shape index (κ3) is 4.84. The summed E-state index contributed by atoms with van der Waals surface area (Å²) in [4.78, 5) is 28.9. The first-order valence-electron chi connectivity index (χ1n) is 9.21. The highest BCUT2D eigenvalue weighted by molar-refractivity contribution is 5.82. The Labute approximate surface area is 154 Å². The van der Waals surface area contributed by atoms with E-state index in [0.29, 0.717) is 13.0 Å². The van der Waals surface area contributed by atoms with Gasteiger partial charge in [0, 0.05) is 18.7 Å². The summed E-state index contributed by atoms with van der Waals surface area (Å²) in [6, 6.07) is 3.70. The van der Waals surface area contributed by atoms with Crippen molar-refractivity contribution < 1.29 is 14.3 Å². The van der Waals surface area contributed by atoms with Crippen LogP contribution in [0.1, 0.15) is 63.3 Å². The zero-order valence-electron chi connectivity index (χ0n) is 15.6. The summed E-state index contributed by atoms with van der Waals surface area (Å²) in [5, 5.41) is 5.93. The molecular formula is C20H27N3O3. The van der Waals surface area contributed by atoms with Gasteiger partial charge in [-0.15, -0.1) is 0 Å². The van der Waals surface area contributed by atoms with Crippen LogP contribution in [-0.2, 0) is 9.53 Å². The summed E-state index contributed by atoms with van der Waals surface area (Å²) < 4.78 is 5.39. The molecular weight excluding hydrogens is 330 g/mol. The van der Waals surface area contributed by atoms with E-state index in [1.165, 1.54) is 0 Å². The molecule has 0 radical (unpaired) electrons. The van der Waals surface area contributed by atoms with Crippen LogP contribution in [0.4, 0.5) is 4.79 Å². The summed E-state index contributed by atoms with van der Waals surface area (Å²) in [5.41, 5.74) is 1.35. The van der Waals surface area contributed by atoms with E-state index in [1.807, 2.05) is 45.1 Å². The molecule has 6 nitrogen and oxygen atoms in total. The van der Waals surface area contributed by atoms with E-state index in [9.17, 15) is 9.59 Å². The standard InChI is InChI=1S/C20H27N3O3/c1-20(2,3)26-19(25)23-16-7-5-4-6-9-22-18(24)15-12-14(15)13-8-10-21-17(16)11-13/h4-5,8,10-11,14-16H,6-7,9,12H2,1-3H3,(H,22,24)(H,23,25)/b5-4+/t14-,15-,16+/m1/s1. The van der Waals surface area contributed by atoms with E-state index in [4.69, 9.17) is 4.74 Å². The highest BCUT2D eigenvalue weighted by atomic mass is 16.6. The van der Waals surface area contributed by atoms with Gasteiger partial charge < -0.3 is 15.4 Å². The second-order valence-corrected chi connectivity index (χ2v) is 7.95. The first kappa shape index (κ1) is 18.4. The lowest BCUT2D eigenvalue weighted by Gasteiger charge is -2.23. The van der Waals surface area contributed by atoms with Crippen LogP contribution in [0.2, 0.25) is 0 Å². The third-order valence-electron chi connectivity index (χ3n) is 4.56. The monoisotopic (exact) mass is 357 g/mol. The van der Waals surface area contributed by atoms with Crippen molar-refractivity contribution in [3.05, 3.63) is 41.7 Å². The maximum atomic E-state index is 12.2. The van der Waals surface area contributed by atoms with Crippen molar-refractivity contribution in [3.8, 4) is 0 Å². The average Bonchev–Trinajstić information content (AvgIpc) is 3.35. The number of aromatic nitrogens is 1. The number of hydrogen-bond donors (Lipinski definition) is 2. The maximum Gasteiger partial charge on any atom is 0.408 e. The SMILES string of the molecule is CC(C)(C)OC(=O)N[C@H]1C/C=C/CCNC(=O)[C@@H]2C[C@@H]2c2ccnc1c2. The average molecular weight is 357 g/mol. The molecule has 1 saturated carbocycles. The van der Waals surface area contributed by atoms with Gasteiger partial charge in [-0.3, -0.25) is 9.78 Å². The Balaban J connectivity index is 1.81. The van der Waals surface area contributed by atoms with E-state index >= 15 is 0 Å². The van der Waals surface area contributed by atoms with Crippen molar-refractivity contribution in [1.29, 1.82) is 0 Å². The van der Waals surface area contributed by atoms with E-state index < -0.39 is 11.7 Å². The van der Waals surface area contributed by atoms with Crippen molar-refractivity contribution in [2.24, 2.45) is 5.92 Å². The highest BCUT2D eigenvalue weighted by Crippen LogP contribution is 2.47. The predicted octanol–water partition coefficient (Wildman–Crippen LogP) is 3.22. The molecule has 0 unspecified atom stereocenters. The van der Waals surface area contributed by atoms with Crippen molar-refractivity contribution in [1.82, 2.24) is 15.6 Å². The van der Waals surface area contributed by atoms with Gasteiger partial charge in [0.25, 0.3) is 0 Å². The molecule has 2 amide bonds. The molecule has 2 N–H and O–H groups in total. The van der Waals surface area contributed by atoms with Crippen LogP contribution in [0, 0.1) is 5.92 Å². The molecule has 6 heteroatoms. The highest BCUT2D eigenvalue weighted by Gasteiger charge is 2.44. The molecule has 0 spiro atoms. The van der Waals surface area contributed by atoms with Crippen molar-refractivity contribution in [2.75, 3.05) is 6.54 Å². The number of nitrogens with zero attached hydrogens (tertiary/aromatic N) is 1. The molecule has 1 aromatic heterocycles. The van der Waals surface area contributed by atoms with E-state index in [2.05, 4.69) is 15.6 Å². The predicted molar refractivity (Wildman–Crippen MR) is 98.6 cm³/mol. The van der Waals surface area contributed by atoms with E-state index in [0.717, 1.165) is 24.1 Å². The van der Waals surface area contributed by atoms with Crippen molar-refractivity contribution >= 4 is 12.0 Å². The molecule has 0 saturated heterocycles. The first-order valence-corrected chi connectivity index (χ1v) is 9.21.